The van der Waals surface area contributed by atoms with Crippen molar-refractivity contribution in [2.75, 3.05) is 6.61 Å². The summed E-state index contributed by atoms with van der Waals surface area (Å²) in [5.41, 5.74) is 1.82. The SMILES string of the molecule is C/C(=C\COC(=O)CCC(=O)OSS)CCCCCCCCCCCC(C)C.CC(C)(C)C1CCCCC1. The maximum Gasteiger partial charge on any atom is 0.319 e. The lowest BCUT2D eigenvalue weighted by Crippen LogP contribution is -2.22. The zero-order chi connectivity index (χ0) is 28.7. The molecule has 0 aromatic rings. The van der Waals surface area contributed by atoms with Crippen LogP contribution in [0.5, 0.6) is 0 Å². The summed E-state index contributed by atoms with van der Waals surface area (Å²) in [6.07, 6.45) is 23.9. The molecule has 1 aliphatic carbocycles. The fraction of sp³-hybridized carbons (Fsp3) is 0.875. The van der Waals surface area contributed by atoms with Crippen LogP contribution < -0.4 is 0 Å². The first kappa shape index (κ1) is 37.4. The van der Waals surface area contributed by atoms with Crippen LogP contribution in [0.1, 0.15) is 157 Å². The molecule has 0 bridgehead atoms. The Bertz CT molecular complexity index is 619. The molecule has 6 heteroatoms. The van der Waals surface area contributed by atoms with E-state index in [1.807, 2.05) is 6.08 Å². The summed E-state index contributed by atoms with van der Waals surface area (Å²) in [7, 11) is 0. The van der Waals surface area contributed by atoms with Crippen LogP contribution in [0, 0.1) is 17.3 Å². The highest BCUT2D eigenvalue weighted by molar-refractivity contribution is 8.66. The van der Waals surface area contributed by atoms with Gasteiger partial charge in [-0.2, -0.15) is 0 Å². The van der Waals surface area contributed by atoms with Gasteiger partial charge in [0.1, 0.15) is 17.7 Å². The molecule has 0 amide bonds. The van der Waals surface area contributed by atoms with Gasteiger partial charge in [0.25, 0.3) is 0 Å². The molecule has 224 valence electrons. The number of esters is 1. The van der Waals surface area contributed by atoms with Gasteiger partial charge in [-0.25, -0.2) is 0 Å². The second kappa shape index (κ2) is 24.2. The molecule has 4 nitrogen and oxygen atoms in total. The van der Waals surface area contributed by atoms with Crippen molar-refractivity contribution in [2.24, 2.45) is 17.3 Å². The summed E-state index contributed by atoms with van der Waals surface area (Å²) in [6.45, 7) is 14.1. The molecule has 1 fully saturated rings. The minimum absolute atomic E-state index is 0.0209. The summed E-state index contributed by atoms with van der Waals surface area (Å²) in [6, 6.07) is 0. The molecule has 38 heavy (non-hydrogen) atoms. The van der Waals surface area contributed by atoms with Crippen molar-refractivity contribution in [1.82, 2.24) is 0 Å². The molecule has 0 unspecified atom stereocenters. The van der Waals surface area contributed by atoms with Gasteiger partial charge in [0, 0.05) is 0 Å². The molecule has 0 aromatic carbocycles. The van der Waals surface area contributed by atoms with Gasteiger partial charge in [0.05, 0.1) is 12.8 Å². The Morgan fingerprint density at radius 2 is 1.37 bits per heavy atom. The summed E-state index contributed by atoms with van der Waals surface area (Å²) in [5.74, 6) is 1.00. The van der Waals surface area contributed by atoms with E-state index in [-0.39, 0.29) is 25.4 Å². The van der Waals surface area contributed by atoms with Crippen molar-refractivity contribution in [1.29, 1.82) is 0 Å². The van der Waals surface area contributed by atoms with E-state index in [9.17, 15) is 9.59 Å². The lowest BCUT2D eigenvalue weighted by Gasteiger charge is -2.33. The van der Waals surface area contributed by atoms with Crippen LogP contribution in [0.15, 0.2) is 11.6 Å². The number of hydrogen-bond donors (Lipinski definition) is 1. The maximum atomic E-state index is 11.5. The van der Waals surface area contributed by atoms with E-state index in [1.165, 1.54) is 102 Å². The second-order valence-electron chi connectivity index (χ2n) is 12.6. The summed E-state index contributed by atoms with van der Waals surface area (Å²) >= 11 is 4.39. The van der Waals surface area contributed by atoms with Crippen molar-refractivity contribution < 1.29 is 18.5 Å². The minimum atomic E-state index is -0.463. The fourth-order valence-corrected chi connectivity index (χ4v) is 5.32. The van der Waals surface area contributed by atoms with Crippen LogP contribution in [0.2, 0.25) is 0 Å². The Morgan fingerprint density at radius 3 is 1.87 bits per heavy atom. The first-order chi connectivity index (χ1) is 18.1. The van der Waals surface area contributed by atoms with Crippen molar-refractivity contribution in [3.63, 3.8) is 0 Å². The Hall–Kier alpha value is -0.620. The van der Waals surface area contributed by atoms with Crippen LogP contribution in [-0.4, -0.2) is 18.5 Å². The average Bonchev–Trinajstić information content (AvgIpc) is 2.86. The monoisotopic (exact) mass is 572 g/mol. The topological polar surface area (TPSA) is 52.6 Å². The molecule has 0 spiro atoms. The second-order valence-corrected chi connectivity index (χ2v) is 13.3. The normalized spacial score (nSPS) is 14.7. The van der Waals surface area contributed by atoms with Crippen LogP contribution >= 0.6 is 22.7 Å². The average molecular weight is 573 g/mol. The molecule has 1 rings (SSSR count). The minimum Gasteiger partial charge on any atom is -0.461 e. The zero-order valence-electron chi connectivity index (χ0n) is 25.7. The highest BCUT2D eigenvalue weighted by Gasteiger charge is 2.25. The molecular weight excluding hydrogens is 512 g/mol. The fourth-order valence-electron chi connectivity index (χ4n) is 4.90. The molecule has 1 saturated carbocycles. The number of thiol groups is 1. The quantitative estimate of drug-likeness (QED) is 0.0442. The van der Waals surface area contributed by atoms with E-state index in [0.29, 0.717) is 16.5 Å². The van der Waals surface area contributed by atoms with Crippen molar-refractivity contribution in [2.45, 2.75) is 157 Å². The Morgan fingerprint density at radius 1 is 0.842 bits per heavy atom. The number of unbranched alkanes of at least 4 members (excludes halogenated alkanes) is 8. The molecule has 0 aliphatic heterocycles. The van der Waals surface area contributed by atoms with Crippen molar-refractivity contribution >= 4 is 34.7 Å². The number of rotatable bonds is 18. The molecule has 0 saturated heterocycles. The van der Waals surface area contributed by atoms with E-state index in [4.69, 9.17) is 4.74 Å². The molecule has 0 heterocycles. The van der Waals surface area contributed by atoms with Gasteiger partial charge in [-0.1, -0.05) is 129 Å². The molecule has 1 aliphatic rings. The zero-order valence-corrected chi connectivity index (χ0v) is 27.4. The standard InChI is InChI=1S/C22H40O4S2.C10H20/c1-19(2)13-11-9-7-5-4-6-8-10-12-14-20(3)17-18-25-21(23)15-16-22(24)26-28-27;1-10(2,3)9-7-5-4-6-8-9/h17,19,27H,4-16,18H2,1-3H3;9H,4-8H2,1-3H3/b20-17+;. The summed E-state index contributed by atoms with van der Waals surface area (Å²) < 4.78 is 9.67. The number of carbonyl (C=O) groups is 2. The van der Waals surface area contributed by atoms with Crippen molar-refractivity contribution in [3.8, 4) is 0 Å². The van der Waals surface area contributed by atoms with Gasteiger partial charge >= 0.3 is 11.9 Å². The van der Waals surface area contributed by atoms with Crippen LogP contribution in [-0.2, 0) is 18.5 Å². The largest absolute Gasteiger partial charge is 0.461 e. The van der Waals surface area contributed by atoms with E-state index in [1.54, 1.807) is 0 Å². The van der Waals surface area contributed by atoms with Crippen molar-refractivity contribution in [3.05, 3.63) is 11.6 Å². The number of ether oxygens (including phenoxy) is 1. The Balaban J connectivity index is 0.00000113. The predicted molar refractivity (Wildman–Crippen MR) is 168 cm³/mol. The van der Waals surface area contributed by atoms with Gasteiger partial charge < -0.3 is 8.92 Å². The molecule has 0 aromatic heterocycles. The lowest BCUT2D eigenvalue weighted by molar-refractivity contribution is -0.145. The molecule has 0 radical (unpaired) electrons. The smallest absolute Gasteiger partial charge is 0.319 e. The van der Waals surface area contributed by atoms with E-state index < -0.39 is 5.97 Å². The first-order valence-corrected chi connectivity index (χ1v) is 17.2. The number of carbonyl (C=O) groups excluding carboxylic acids is 2. The van der Waals surface area contributed by atoms with E-state index in [2.05, 4.69) is 57.4 Å². The highest BCUT2D eigenvalue weighted by Crippen LogP contribution is 2.37. The van der Waals surface area contributed by atoms with E-state index >= 15 is 0 Å². The summed E-state index contributed by atoms with van der Waals surface area (Å²) in [5, 5.41) is 0. The third kappa shape index (κ3) is 24.4. The van der Waals surface area contributed by atoms with Gasteiger partial charge in [-0.05, 0) is 55.9 Å². The molecule has 0 atom stereocenters. The Labute approximate surface area is 245 Å². The van der Waals surface area contributed by atoms with Gasteiger partial charge in [0.2, 0.25) is 0 Å². The van der Waals surface area contributed by atoms with E-state index in [0.717, 1.165) is 18.3 Å². The van der Waals surface area contributed by atoms with Gasteiger partial charge in [-0.3, -0.25) is 9.59 Å². The lowest BCUT2D eigenvalue weighted by atomic mass is 9.72. The predicted octanol–water partition coefficient (Wildman–Crippen LogP) is 10.9. The van der Waals surface area contributed by atoms with Crippen LogP contribution in [0.4, 0.5) is 0 Å². The molecular formula is C32H60O4S2. The maximum absolute atomic E-state index is 11.5. The van der Waals surface area contributed by atoms with Gasteiger partial charge in [-0.15, -0.1) is 0 Å². The Kier molecular flexibility index (Phi) is 23.8. The third-order valence-corrected chi connectivity index (χ3v) is 8.01. The van der Waals surface area contributed by atoms with Crippen LogP contribution in [0.3, 0.4) is 0 Å². The third-order valence-electron chi connectivity index (χ3n) is 7.52. The molecule has 0 N–H and O–H groups in total. The summed E-state index contributed by atoms with van der Waals surface area (Å²) in [4.78, 5) is 22.6. The van der Waals surface area contributed by atoms with Gasteiger partial charge in [0.15, 0.2) is 0 Å². The number of allylic oxidation sites excluding steroid dienone is 1. The number of hydrogen-bond acceptors (Lipinski definition) is 6. The first-order valence-electron chi connectivity index (χ1n) is 15.4. The highest BCUT2D eigenvalue weighted by atomic mass is 33.1. The van der Waals surface area contributed by atoms with Crippen LogP contribution in [0.25, 0.3) is 0 Å².